The molecule has 0 spiro atoms. The Morgan fingerprint density at radius 1 is 1.25 bits per heavy atom. The molecule has 1 saturated heterocycles. The summed E-state index contributed by atoms with van der Waals surface area (Å²) in [7, 11) is 1.69. The van der Waals surface area contributed by atoms with E-state index in [4.69, 9.17) is 9.72 Å². The first-order chi connectivity index (χ1) is 13.7. The molecule has 0 saturated carbocycles. The van der Waals surface area contributed by atoms with Crippen LogP contribution in [0.25, 0.3) is 0 Å². The lowest BCUT2D eigenvalue weighted by Crippen LogP contribution is -2.31. The van der Waals surface area contributed by atoms with E-state index < -0.39 is 0 Å². The average Bonchev–Trinajstić information content (AvgIpc) is 3.37. The lowest BCUT2D eigenvalue weighted by atomic mass is 10.1. The first-order valence-corrected chi connectivity index (χ1v) is 10.3. The van der Waals surface area contributed by atoms with Gasteiger partial charge in [0.05, 0.1) is 30.1 Å². The summed E-state index contributed by atoms with van der Waals surface area (Å²) in [5.74, 6) is 0.937. The van der Waals surface area contributed by atoms with Crippen LogP contribution in [0.15, 0.2) is 48.0 Å². The number of hydrogen-bond donors (Lipinski definition) is 0. The molecule has 3 heterocycles. The lowest BCUT2D eigenvalue weighted by molar-refractivity contribution is 0.0736. The van der Waals surface area contributed by atoms with E-state index in [1.165, 1.54) is 11.3 Å². The van der Waals surface area contributed by atoms with E-state index in [9.17, 15) is 4.79 Å². The van der Waals surface area contributed by atoms with Gasteiger partial charge in [0, 0.05) is 24.2 Å². The molecule has 3 aromatic rings. The number of hydrogen-bond acceptors (Lipinski definition) is 5. The minimum absolute atomic E-state index is 0.0200. The average molecular weight is 394 g/mol. The van der Waals surface area contributed by atoms with Crippen molar-refractivity contribution in [1.82, 2.24) is 14.9 Å². The Labute approximate surface area is 169 Å². The van der Waals surface area contributed by atoms with Gasteiger partial charge in [-0.3, -0.25) is 9.78 Å². The number of carbonyl (C=O) groups excluding carboxylic acids is 1. The van der Waals surface area contributed by atoms with Gasteiger partial charge >= 0.3 is 0 Å². The maximum Gasteiger partial charge on any atom is 0.266 e. The monoisotopic (exact) mass is 393 g/mol. The van der Waals surface area contributed by atoms with Gasteiger partial charge < -0.3 is 9.64 Å². The Balaban J connectivity index is 1.58. The summed E-state index contributed by atoms with van der Waals surface area (Å²) in [5, 5.41) is 0. The standard InChI is InChI=1S/C22H23N3O2S/c1-15-21(28-14-23-15)22(26)25-12-6-10-19(25)18-9-5-8-17(24-18)13-16-7-3-4-11-20(16)27-2/h3-5,7-9,11,14,19H,6,10,12-13H2,1-2H3. The number of pyridine rings is 1. The quantitative estimate of drug-likeness (QED) is 0.644. The topological polar surface area (TPSA) is 55.3 Å². The van der Waals surface area contributed by atoms with Crippen molar-refractivity contribution in [2.75, 3.05) is 13.7 Å². The SMILES string of the molecule is COc1ccccc1Cc1cccc(C2CCCN2C(=O)c2scnc2C)n1. The molecule has 2 aromatic heterocycles. The third-order valence-electron chi connectivity index (χ3n) is 5.19. The highest BCUT2D eigenvalue weighted by atomic mass is 32.1. The number of aryl methyl sites for hydroxylation is 1. The highest BCUT2D eigenvalue weighted by Crippen LogP contribution is 2.33. The van der Waals surface area contributed by atoms with E-state index in [-0.39, 0.29) is 11.9 Å². The molecule has 0 bridgehead atoms. The van der Waals surface area contributed by atoms with E-state index in [1.54, 1.807) is 12.6 Å². The zero-order valence-electron chi connectivity index (χ0n) is 16.1. The largest absolute Gasteiger partial charge is 0.496 e. The van der Waals surface area contributed by atoms with E-state index >= 15 is 0 Å². The number of nitrogens with zero attached hydrogens (tertiary/aromatic N) is 3. The highest BCUT2D eigenvalue weighted by Gasteiger charge is 2.33. The van der Waals surface area contributed by atoms with Gasteiger partial charge in [-0.2, -0.15) is 0 Å². The summed E-state index contributed by atoms with van der Waals surface area (Å²) in [6, 6.07) is 14.1. The van der Waals surface area contributed by atoms with Crippen LogP contribution in [0.3, 0.4) is 0 Å². The molecule has 0 aliphatic carbocycles. The van der Waals surface area contributed by atoms with Crippen LogP contribution in [0.1, 0.15) is 51.2 Å². The van der Waals surface area contributed by atoms with E-state index in [0.717, 1.165) is 52.7 Å². The van der Waals surface area contributed by atoms with Crippen LogP contribution in [-0.4, -0.2) is 34.4 Å². The normalized spacial score (nSPS) is 16.4. The Kier molecular flexibility index (Phi) is 5.39. The van der Waals surface area contributed by atoms with Gasteiger partial charge in [-0.05, 0) is 38.0 Å². The minimum Gasteiger partial charge on any atom is -0.496 e. The van der Waals surface area contributed by atoms with Crippen LogP contribution >= 0.6 is 11.3 Å². The third kappa shape index (κ3) is 3.64. The number of para-hydroxylation sites is 1. The number of ether oxygens (including phenoxy) is 1. The second-order valence-electron chi connectivity index (χ2n) is 6.97. The van der Waals surface area contributed by atoms with Crippen molar-refractivity contribution in [2.45, 2.75) is 32.2 Å². The fourth-order valence-corrected chi connectivity index (χ4v) is 4.54. The summed E-state index contributed by atoms with van der Waals surface area (Å²) in [5.41, 5.74) is 5.59. The molecule has 0 N–H and O–H groups in total. The van der Waals surface area contributed by atoms with Crippen molar-refractivity contribution in [1.29, 1.82) is 0 Å². The van der Waals surface area contributed by atoms with Crippen LogP contribution in [0.2, 0.25) is 0 Å². The molecule has 144 valence electrons. The van der Waals surface area contributed by atoms with Gasteiger partial charge in [0.25, 0.3) is 5.91 Å². The molecule has 1 amide bonds. The summed E-state index contributed by atoms with van der Waals surface area (Å²) < 4.78 is 5.46. The predicted molar refractivity (Wildman–Crippen MR) is 110 cm³/mol. The van der Waals surface area contributed by atoms with Crippen LogP contribution < -0.4 is 4.74 Å². The summed E-state index contributed by atoms with van der Waals surface area (Å²) >= 11 is 1.41. The number of likely N-dealkylation sites (tertiary alicyclic amines) is 1. The number of rotatable bonds is 5. The molecule has 1 atom stereocenters. The number of thiazole rings is 1. The number of amides is 1. The molecule has 4 rings (SSSR count). The van der Waals surface area contributed by atoms with Gasteiger partial charge in [0.1, 0.15) is 10.6 Å². The van der Waals surface area contributed by atoms with Crippen LogP contribution in [0.5, 0.6) is 5.75 Å². The fourth-order valence-electron chi connectivity index (χ4n) is 3.78. The number of aromatic nitrogens is 2. The van der Waals surface area contributed by atoms with E-state index in [0.29, 0.717) is 6.42 Å². The second-order valence-corrected chi connectivity index (χ2v) is 7.82. The highest BCUT2D eigenvalue weighted by molar-refractivity contribution is 7.11. The molecule has 28 heavy (non-hydrogen) atoms. The zero-order chi connectivity index (χ0) is 19.5. The van der Waals surface area contributed by atoms with Gasteiger partial charge in [0.15, 0.2) is 0 Å². The first kappa shape index (κ1) is 18.6. The smallest absolute Gasteiger partial charge is 0.266 e. The third-order valence-corrected chi connectivity index (χ3v) is 6.10. The van der Waals surface area contributed by atoms with E-state index in [2.05, 4.69) is 11.1 Å². The van der Waals surface area contributed by atoms with Gasteiger partial charge in [-0.1, -0.05) is 24.3 Å². The lowest BCUT2D eigenvalue weighted by Gasteiger charge is -2.24. The summed E-state index contributed by atoms with van der Waals surface area (Å²) in [4.78, 5) is 24.8. The summed E-state index contributed by atoms with van der Waals surface area (Å²) in [6.45, 7) is 2.65. The van der Waals surface area contributed by atoms with Crippen molar-refractivity contribution in [3.05, 3.63) is 75.5 Å². The van der Waals surface area contributed by atoms with Crippen LogP contribution in [0.4, 0.5) is 0 Å². The minimum atomic E-state index is 0.0200. The number of benzene rings is 1. The number of methoxy groups -OCH3 is 1. The van der Waals surface area contributed by atoms with Crippen LogP contribution in [-0.2, 0) is 6.42 Å². The number of carbonyl (C=O) groups is 1. The Morgan fingerprint density at radius 2 is 2.11 bits per heavy atom. The first-order valence-electron chi connectivity index (χ1n) is 9.46. The molecule has 6 heteroatoms. The maximum absolute atomic E-state index is 13.0. The van der Waals surface area contributed by atoms with Gasteiger partial charge in [-0.15, -0.1) is 11.3 Å². The predicted octanol–water partition coefficient (Wildman–Crippen LogP) is 4.42. The second kappa shape index (κ2) is 8.10. The molecule has 0 radical (unpaired) electrons. The van der Waals surface area contributed by atoms with Crippen LogP contribution in [0, 0.1) is 6.92 Å². The molecule has 1 fully saturated rings. The van der Waals surface area contributed by atoms with Gasteiger partial charge in [0.2, 0.25) is 0 Å². The molecular weight excluding hydrogens is 370 g/mol. The van der Waals surface area contributed by atoms with Crippen molar-refractivity contribution in [3.8, 4) is 5.75 Å². The van der Waals surface area contributed by atoms with Crippen molar-refractivity contribution >= 4 is 17.2 Å². The Hall–Kier alpha value is -2.73. The molecule has 1 aliphatic heterocycles. The molecule has 1 aromatic carbocycles. The zero-order valence-corrected chi connectivity index (χ0v) is 16.9. The Morgan fingerprint density at radius 3 is 2.89 bits per heavy atom. The molecule has 1 aliphatic rings. The molecule has 1 unspecified atom stereocenters. The molecular formula is C22H23N3O2S. The van der Waals surface area contributed by atoms with E-state index in [1.807, 2.05) is 48.2 Å². The van der Waals surface area contributed by atoms with Crippen molar-refractivity contribution in [3.63, 3.8) is 0 Å². The fraction of sp³-hybridized carbons (Fsp3) is 0.318. The van der Waals surface area contributed by atoms with Crippen molar-refractivity contribution in [2.24, 2.45) is 0 Å². The Bertz CT molecular complexity index is 985. The van der Waals surface area contributed by atoms with Gasteiger partial charge in [-0.25, -0.2) is 4.98 Å². The molecule has 5 nitrogen and oxygen atoms in total. The van der Waals surface area contributed by atoms with Crippen molar-refractivity contribution < 1.29 is 9.53 Å². The maximum atomic E-state index is 13.0. The summed E-state index contributed by atoms with van der Waals surface area (Å²) in [6.07, 6.45) is 2.63.